The summed E-state index contributed by atoms with van der Waals surface area (Å²) in [6.45, 7) is 7.61. The van der Waals surface area contributed by atoms with Crippen molar-refractivity contribution in [1.82, 2.24) is 0 Å². The molecule has 1 amide bonds. The molecular formula is C15H21NO3. The minimum Gasteiger partial charge on any atom is -0.481 e. The molecule has 104 valence electrons. The number of carboxylic acid groups (broad SMARTS) is 1. The fraction of sp³-hybridized carbons (Fsp3) is 0.467. The molecule has 19 heavy (non-hydrogen) atoms. The van der Waals surface area contributed by atoms with Gasteiger partial charge in [-0.05, 0) is 31.5 Å². The lowest BCUT2D eigenvalue weighted by atomic mass is 9.94. The average molecular weight is 263 g/mol. The SMILES string of the molecule is CCN(C(=O)C(C)C(C)C(=O)O)c1cccc(C)c1. The van der Waals surface area contributed by atoms with Crippen molar-refractivity contribution >= 4 is 17.6 Å². The van der Waals surface area contributed by atoms with E-state index in [0.29, 0.717) is 6.54 Å². The lowest BCUT2D eigenvalue weighted by molar-refractivity contribution is -0.145. The Morgan fingerprint density at radius 2 is 1.89 bits per heavy atom. The van der Waals surface area contributed by atoms with Crippen LogP contribution in [0.15, 0.2) is 24.3 Å². The van der Waals surface area contributed by atoms with Crippen molar-refractivity contribution in [3.05, 3.63) is 29.8 Å². The van der Waals surface area contributed by atoms with Crippen molar-refractivity contribution in [1.29, 1.82) is 0 Å². The van der Waals surface area contributed by atoms with Crippen LogP contribution < -0.4 is 4.90 Å². The Hall–Kier alpha value is -1.84. The predicted molar refractivity (Wildman–Crippen MR) is 75.2 cm³/mol. The summed E-state index contributed by atoms with van der Waals surface area (Å²) in [5, 5.41) is 9.00. The van der Waals surface area contributed by atoms with Gasteiger partial charge in [0.1, 0.15) is 0 Å². The molecule has 1 aromatic carbocycles. The zero-order valence-electron chi connectivity index (χ0n) is 11.9. The molecule has 0 saturated heterocycles. The Balaban J connectivity index is 2.97. The highest BCUT2D eigenvalue weighted by Gasteiger charge is 2.29. The molecule has 4 nitrogen and oxygen atoms in total. The quantitative estimate of drug-likeness (QED) is 0.888. The molecular weight excluding hydrogens is 242 g/mol. The maximum absolute atomic E-state index is 12.4. The van der Waals surface area contributed by atoms with Gasteiger partial charge in [0, 0.05) is 18.2 Å². The van der Waals surface area contributed by atoms with Crippen molar-refractivity contribution in [2.24, 2.45) is 11.8 Å². The molecule has 4 heteroatoms. The van der Waals surface area contributed by atoms with E-state index in [2.05, 4.69) is 0 Å². The number of rotatable bonds is 5. The van der Waals surface area contributed by atoms with Gasteiger partial charge in [0.15, 0.2) is 0 Å². The van der Waals surface area contributed by atoms with Crippen LogP contribution in [0.1, 0.15) is 26.3 Å². The molecule has 0 aliphatic rings. The van der Waals surface area contributed by atoms with Crippen molar-refractivity contribution < 1.29 is 14.7 Å². The number of amides is 1. The highest BCUT2D eigenvalue weighted by molar-refractivity contribution is 5.96. The Bertz CT molecular complexity index is 470. The van der Waals surface area contributed by atoms with Crippen LogP contribution in [0.25, 0.3) is 0 Å². The van der Waals surface area contributed by atoms with Gasteiger partial charge in [0.25, 0.3) is 0 Å². The summed E-state index contributed by atoms with van der Waals surface area (Å²) in [4.78, 5) is 25.0. The first kappa shape index (κ1) is 15.2. The number of anilines is 1. The molecule has 0 aliphatic heterocycles. The lowest BCUT2D eigenvalue weighted by Gasteiger charge is -2.26. The monoisotopic (exact) mass is 263 g/mol. The first-order valence-corrected chi connectivity index (χ1v) is 6.49. The second kappa shape index (κ2) is 6.36. The molecule has 0 aliphatic carbocycles. The van der Waals surface area contributed by atoms with Gasteiger partial charge in [-0.2, -0.15) is 0 Å². The van der Waals surface area contributed by atoms with Crippen LogP contribution in [0.5, 0.6) is 0 Å². The molecule has 2 atom stereocenters. The van der Waals surface area contributed by atoms with Crippen molar-refractivity contribution in [3.63, 3.8) is 0 Å². The third-order valence-corrected chi connectivity index (χ3v) is 3.42. The summed E-state index contributed by atoms with van der Waals surface area (Å²) in [6, 6.07) is 7.66. The topological polar surface area (TPSA) is 57.6 Å². The van der Waals surface area contributed by atoms with Crippen LogP contribution >= 0.6 is 0 Å². The number of carbonyl (C=O) groups excluding carboxylic acids is 1. The minimum atomic E-state index is -0.943. The van der Waals surface area contributed by atoms with Gasteiger partial charge in [0.05, 0.1) is 5.92 Å². The van der Waals surface area contributed by atoms with Gasteiger partial charge >= 0.3 is 5.97 Å². The molecule has 0 aromatic heterocycles. The van der Waals surface area contributed by atoms with E-state index < -0.39 is 17.8 Å². The van der Waals surface area contributed by atoms with Crippen molar-refractivity contribution in [2.75, 3.05) is 11.4 Å². The van der Waals surface area contributed by atoms with E-state index in [1.165, 1.54) is 0 Å². The number of nitrogens with zero attached hydrogens (tertiary/aromatic N) is 1. The van der Waals surface area contributed by atoms with Crippen LogP contribution in [0.4, 0.5) is 5.69 Å². The van der Waals surface area contributed by atoms with E-state index in [0.717, 1.165) is 11.3 Å². The standard InChI is InChI=1S/C15H21NO3/c1-5-16(13-8-6-7-10(2)9-13)14(17)11(3)12(4)15(18)19/h6-9,11-12H,5H2,1-4H3,(H,18,19). The van der Waals surface area contributed by atoms with Crippen LogP contribution in [-0.2, 0) is 9.59 Å². The van der Waals surface area contributed by atoms with E-state index in [4.69, 9.17) is 5.11 Å². The molecule has 0 fully saturated rings. The molecule has 2 unspecified atom stereocenters. The molecule has 0 bridgehead atoms. The Kier molecular flexibility index (Phi) is 5.10. The van der Waals surface area contributed by atoms with Gasteiger partial charge in [-0.25, -0.2) is 0 Å². The molecule has 1 aromatic rings. The zero-order valence-corrected chi connectivity index (χ0v) is 11.9. The molecule has 0 radical (unpaired) electrons. The second-order valence-electron chi connectivity index (χ2n) is 4.84. The number of carboxylic acids is 1. The van der Waals surface area contributed by atoms with Gasteiger partial charge in [-0.1, -0.05) is 26.0 Å². The normalized spacial score (nSPS) is 13.7. The maximum atomic E-state index is 12.4. The van der Waals surface area contributed by atoms with Crippen LogP contribution in [0, 0.1) is 18.8 Å². The fourth-order valence-corrected chi connectivity index (χ4v) is 1.94. The number of aryl methyl sites for hydroxylation is 1. The number of hydrogen-bond acceptors (Lipinski definition) is 2. The van der Waals surface area contributed by atoms with E-state index in [9.17, 15) is 9.59 Å². The second-order valence-corrected chi connectivity index (χ2v) is 4.84. The summed E-state index contributed by atoms with van der Waals surface area (Å²) >= 11 is 0. The molecule has 1 N–H and O–H groups in total. The van der Waals surface area contributed by atoms with E-state index in [1.807, 2.05) is 38.1 Å². The fourth-order valence-electron chi connectivity index (χ4n) is 1.94. The minimum absolute atomic E-state index is 0.150. The van der Waals surface area contributed by atoms with Gasteiger partial charge < -0.3 is 10.0 Å². The highest BCUT2D eigenvalue weighted by Crippen LogP contribution is 2.21. The number of aliphatic carboxylic acids is 1. The summed E-state index contributed by atoms with van der Waals surface area (Å²) < 4.78 is 0. The largest absolute Gasteiger partial charge is 0.481 e. The van der Waals surface area contributed by atoms with E-state index in [1.54, 1.807) is 18.7 Å². The van der Waals surface area contributed by atoms with E-state index in [-0.39, 0.29) is 5.91 Å². The maximum Gasteiger partial charge on any atom is 0.307 e. The average Bonchev–Trinajstić information content (AvgIpc) is 2.37. The van der Waals surface area contributed by atoms with Crippen LogP contribution in [0.3, 0.4) is 0 Å². The summed E-state index contributed by atoms with van der Waals surface area (Å²) in [5.74, 6) is -2.33. The van der Waals surface area contributed by atoms with Crippen molar-refractivity contribution in [3.8, 4) is 0 Å². The third kappa shape index (κ3) is 3.56. The Labute approximate surface area is 114 Å². The number of hydrogen-bond donors (Lipinski definition) is 1. The zero-order chi connectivity index (χ0) is 14.6. The molecule has 0 heterocycles. The van der Waals surface area contributed by atoms with Crippen molar-refractivity contribution in [2.45, 2.75) is 27.7 Å². The molecule has 0 saturated carbocycles. The van der Waals surface area contributed by atoms with E-state index >= 15 is 0 Å². The summed E-state index contributed by atoms with van der Waals surface area (Å²) in [7, 11) is 0. The third-order valence-electron chi connectivity index (χ3n) is 3.42. The Morgan fingerprint density at radius 1 is 1.26 bits per heavy atom. The lowest BCUT2D eigenvalue weighted by Crippen LogP contribution is -2.39. The van der Waals surface area contributed by atoms with Crippen LogP contribution in [-0.4, -0.2) is 23.5 Å². The number of carbonyl (C=O) groups is 2. The van der Waals surface area contributed by atoms with Gasteiger partial charge in [0.2, 0.25) is 5.91 Å². The smallest absolute Gasteiger partial charge is 0.307 e. The summed E-state index contributed by atoms with van der Waals surface area (Å²) in [6.07, 6.45) is 0. The van der Waals surface area contributed by atoms with Crippen LogP contribution in [0.2, 0.25) is 0 Å². The number of benzene rings is 1. The summed E-state index contributed by atoms with van der Waals surface area (Å²) in [5.41, 5.74) is 1.89. The predicted octanol–water partition coefficient (Wildman–Crippen LogP) is 2.70. The highest BCUT2D eigenvalue weighted by atomic mass is 16.4. The first-order chi connectivity index (χ1) is 8.88. The first-order valence-electron chi connectivity index (χ1n) is 6.49. The molecule has 1 rings (SSSR count). The molecule has 0 spiro atoms. The van der Waals surface area contributed by atoms with Gasteiger partial charge in [-0.15, -0.1) is 0 Å². The Morgan fingerprint density at radius 3 is 2.37 bits per heavy atom. The van der Waals surface area contributed by atoms with Gasteiger partial charge in [-0.3, -0.25) is 9.59 Å².